The van der Waals surface area contributed by atoms with Gasteiger partial charge in [-0.3, -0.25) is 0 Å². The highest BCUT2D eigenvalue weighted by atomic mass is 16.4. The lowest BCUT2D eigenvalue weighted by Gasteiger charge is -2.65. The van der Waals surface area contributed by atoms with Crippen molar-refractivity contribution in [1.82, 2.24) is 0 Å². The Balaban J connectivity index is 1.57. The molecule has 198 valence electrons. The third kappa shape index (κ3) is 3.89. The van der Waals surface area contributed by atoms with E-state index in [0.717, 1.165) is 25.7 Å². The summed E-state index contributed by atoms with van der Waals surface area (Å²) in [6.07, 6.45) is 2.28. The summed E-state index contributed by atoms with van der Waals surface area (Å²) < 4.78 is 0. The van der Waals surface area contributed by atoms with Crippen LogP contribution >= 0.6 is 0 Å². The Kier molecular flexibility index (Phi) is 7.03. The van der Waals surface area contributed by atoms with Gasteiger partial charge in [0.15, 0.2) is 0 Å². The molecule has 4 aliphatic rings. The predicted octanol–water partition coefficient (Wildman–Crippen LogP) is 1.58. The normalized spacial score (nSPS) is 53.4. The van der Waals surface area contributed by atoms with Gasteiger partial charge in [0.2, 0.25) is 0 Å². The number of rotatable bonds is 6. The molecule has 0 unspecified atom stereocenters. The molecule has 0 bridgehead atoms. The van der Waals surface area contributed by atoms with Crippen molar-refractivity contribution in [3.05, 3.63) is 0 Å². The van der Waals surface area contributed by atoms with Crippen molar-refractivity contribution in [2.24, 2.45) is 40.4 Å². The van der Waals surface area contributed by atoms with Crippen LogP contribution in [0.5, 0.6) is 0 Å². The van der Waals surface area contributed by atoms with Gasteiger partial charge in [-0.2, -0.15) is 0 Å². The fourth-order valence-electron chi connectivity index (χ4n) is 9.44. The molecule has 4 saturated carbocycles. The molecule has 4 aliphatic carbocycles. The van der Waals surface area contributed by atoms with E-state index in [1.54, 1.807) is 6.92 Å². The Labute approximate surface area is 204 Å². The highest BCUT2D eigenvalue weighted by Crippen LogP contribution is 2.69. The van der Waals surface area contributed by atoms with Crippen molar-refractivity contribution in [3.63, 3.8) is 0 Å². The van der Waals surface area contributed by atoms with E-state index in [0.29, 0.717) is 25.7 Å². The highest BCUT2D eigenvalue weighted by Gasteiger charge is 2.70. The van der Waals surface area contributed by atoms with Crippen molar-refractivity contribution in [1.29, 1.82) is 0 Å². The van der Waals surface area contributed by atoms with Crippen molar-refractivity contribution < 1.29 is 35.7 Å². The number of hydrogen-bond donors (Lipinski definition) is 7. The summed E-state index contributed by atoms with van der Waals surface area (Å²) in [7, 11) is 0. The van der Waals surface area contributed by atoms with E-state index in [1.165, 1.54) is 0 Å². The molecule has 7 N–H and O–H groups in total. The Morgan fingerprint density at radius 2 is 1.71 bits per heavy atom. The minimum Gasteiger partial charge on any atom is -0.393 e. The monoisotopic (exact) mass is 484 g/mol. The first-order valence-corrected chi connectivity index (χ1v) is 13.5. The second-order valence-corrected chi connectivity index (χ2v) is 13.4. The van der Waals surface area contributed by atoms with Crippen molar-refractivity contribution in [3.8, 4) is 0 Å². The van der Waals surface area contributed by atoms with Crippen molar-refractivity contribution >= 4 is 0 Å². The number of fused-ring (bicyclic) bond motifs is 5. The van der Waals surface area contributed by atoms with Crippen LogP contribution in [-0.2, 0) is 0 Å². The molecule has 0 amide bonds. The van der Waals surface area contributed by atoms with Gasteiger partial charge in [0.1, 0.15) is 0 Å². The Morgan fingerprint density at radius 1 is 1.03 bits per heavy atom. The molecule has 0 spiro atoms. The fourth-order valence-corrected chi connectivity index (χ4v) is 9.44. The molecule has 0 aromatic heterocycles. The predicted molar refractivity (Wildman–Crippen MR) is 128 cm³/mol. The first-order valence-electron chi connectivity index (χ1n) is 13.5. The summed E-state index contributed by atoms with van der Waals surface area (Å²) in [5.74, 6) is 0.0217. The number of aliphatic hydroxyl groups excluding tert-OH is 5. The van der Waals surface area contributed by atoms with E-state index >= 15 is 0 Å². The zero-order chi connectivity index (χ0) is 25.3. The van der Waals surface area contributed by atoms with E-state index < -0.39 is 41.0 Å². The molecule has 4 rings (SSSR count). The zero-order valence-corrected chi connectivity index (χ0v) is 21.4. The second kappa shape index (κ2) is 8.93. The quantitative estimate of drug-likeness (QED) is 0.303. The summed E-state index contributed by atoms with van der Waals surface area (Å²) in [6, 6.07) is 0. The molecule has 0 aromatic carbocycles. The maximum atomic E-state index is 11.6. The van der Waals surface area contributed by atoms with E-state index in [2.05, 4.69) is 20.8 Å². The van der Waals surface area contributed by atoms with Gasteiger partial charge >= 0.3 is 0 Å². The lowest BCUT2D eigenvalue weighted by Crippen LogP contribution is -2.69. The molecule has 0 radical (unpaired) electrons. The van der Waals surface area contributed by atoms with Crippen LogP contribution in [0.1, 0.15) is 85.5 Å². The Hall–Kier alpha value is -0.280. The van der Waals surface area contributed by atoms with Gasteiger partial charge in [0.05, 0.1) is 42.2 Å². The second-order valence-electron chi connectivity index (χ2n) is 13.4. The first-order chi connectivity index (χ1) is 15.7. The van der Waals surface area contributed by atoms with E-state index in [9.17, 15) is 35.7 Å². The molecule has 0 aromatic rings. The largest absolute Gasteiger partial charge is 0.393 e. The SMILES string of the molecule is C[C@H](CCC[C@@](C)(O)CO)[C@H]1[C@@H](O)[C@H](O)[C@H]2[C@@H]3C[C@@H](O)[C@@]4(O)C[C@@H](O)CC[C@]4(C)[C@H]3CC[C@]12C. The average molecular weight is 485 g/mol. The minimum absolute atomic E-state index is 0.00578. The van der Waals surface area contributed by atoms with Crippen LogP contribution in [0.15, 0.2) is 0 Å². The first kappa shape index (κ1) is 26.8. The smallest absolute Gasteiger partial charge is 0.0985 e. The van der Waals surface area contributed by atoms with Crippen molar-refractivity contribution in [2.75, 3.05) is 6.61 Å². The van der Waals surface area contributed by atoms with Crippen LogP contribution in [0.3, 0.4) is 0 Å². The standard InChI is InChI=1S/C27H48O7/c1-15(6-5-9-24(2,33)14-28)20-22(31)23(32)21-17-12-19(30)27(34)13-16(29)7-11-26(27,4)18(17)8-10-25(20,21)3/h15-23,28-34H,5-14H2,1-4H3/t15-,16+,17-,18+,19-,20+,21-,22-,23-,24-,25-,26-,27+/m1/s1. The van der Waals surface area contributed by atoms with Crippen LogP contribution in [0, 0.1) is 40.4 Å². The van der Waals surface area contributed by atoms with Gasteiger partial charge in [-0.05, 0) is 80.5 Å². The third-order valence-corrected chi connectivity index (χ3v) is 11.3. The van der Waals surface area contributed by atoms with Gasteiger partial charge < -0.3 is 35.7 Å². The lowest BCUT2D eigenvalue weighted by molar-refractivity contribution is -0.268. The van der Waals surface area contributed by atoms with Crippen LogP contribution in [0.4, 0.5) is 0 Å². The van der Waals surface area contributed by atoms with Gasteiger partial charge in [-0.1, -0.05) is 33.6 Å². The Bertz CT molecular complexity index is 744. The van der Waals surface area contributed by atoms with E-state index in [1.807, 2.05) is 0 Å². The summed E-state index contributed by atoms with van der Waals surface area (Å²) in [6.45, 7) is 7.72. The Morgan fingerprint density at radius 3 is 2.35 bits per heavy atom. The van der Waals surface area contributed by atoms with Gasteiger partial charge in [-0.25, -0.2) is 0 Å². The number of hydrogen-bond acceptors (Lipinski definition) is 7. The molecule has 7 nitrogen and oxygen atoms in total. The molecule has 0 aliphatic heterocycles. The van der Waals surface area contributed by atoms with Crippen LogP contribution in [0.2, 0.25) is 0 Å². The maximum absolute atomic E-state index is 11.6. The summed E-state index contributed by atoms with van der Waals surface area (Å²) in [5, 5.41) is 75.2. The molecule has 13 atom stereocenters. The van der Waals surface area contributed by atoms with Crippen molar-refractivity contribution in [2.45, 2.75) is 121 Å². The zero-order valence-electron chi connectivity index (χ0n) is 21.4. The number of aliphatic hydroxyl groups is 7. The fraction of sp³-hybridized carbons (Fsp3) is 1.00. The van der Waals surface area contributed by atoms with Gasteiger partial charge in [0.25, 0.3) is 0 Å². The maximum Gasteiger partial charge on any atom is 0.0985 e. The molecule has 0 heterocycles. The molecule has 4 fully saturated rings. The van der Waals surface area contributed by atoms with Crippen LogP contribution < -0.4 is 0 Å². The summed E-state index contributed by atoms with van der Waals surface area (Å²) >= 11 is 0. The molecule has 7 heteroatoms. The molecule has 34 heavy (non-hydrogen) atoms. The van der Waals surface area contributed by atoms with Crippen LogP contribution in [0.25, 0.3) is 0 Å². The third-order valence-electron chi connectivity index (χ3n) is 11.3. The van der Waals surface area contributed by atoms with E-state index in [4.69, 9.17) is 0 Å². The topological polar surface area (TPSA) is 142 Å². The molecule has 0 saturated heterocycles. The summed E-state index contributed by atoms with van der Waals surface area (Å²) in [4.78, 5) is 0. The molecular formula is C27H48O7. The lowest BCUT2D eigenvalue weighted by atomic mass is 9.42. The summed E-state index contributed by atoms with van der Waals surface area (Å²) in [5.41, 5.74) is -3.23. The average Bonchev–Trinajstić information content (AvgIpc) is 2.96. The van der Waals surface area contributed by atoms with E-state index in [-0.39, 0.29) is 48.0 Å². The van der Waals surface area contributed by atoms with Gasteiger partial charge in [-0.15, -0.1) is 0 Å². The van der Waals surface area contributed by atoms with Gasteiger partial charge in [0, 0.05) is 11.8 Å². The van der Waals surface area contributed by atoms with Crippen LogP contribution in [-0.4, -0.2) is 78.0 Å². The molecular weight excluding hydrogens is 436 g/mol. The highest BCUT2D eigenvalue weighted by molar-refractivity contribution is 5.19. The minimum atomic E-state index is -1.32.